The van der Waals surface area contributed by atoms with E-state index in [1.165, 1.54) is 41.3 Å². The Kier molecular flexibility index (Phi) is 8.17. The van der Waals surface area contributed by atoms with Gasteiger partial charge >= 0.3 is 18.4 Å². The molecule has 38 heavy (non-hydrogen) atoms. The summed E-state index contributed by atoms with van der Waals surface area (Å²) in [5.74, 6) is 0. The maximum Gasteiger partial charge on any atom is 0.417 e. The number of nitrogens with zero attached hydrogens (tertiary/aromatic N) is 1. The number of aromatic amines is 1. The molecule has 10 nitrogen and oxygen atoms in total. The van der Waals surface area contributed by atoms with Gasteiger partial charge in [0.25, 0.3) is 5.56 Å². The first-order valence-corrected chi connectivity index (χ1v) is 11.6. The van der Waals surface area contributed by atoms with E-state index in [1.807, 2.05) is 0 Å². The molecule has 1 aliphatic heterocycles. The van der Waals surface area contributed by atoms with Gasteiger partial charge in [-0.05, 0) is 29.7 Å². The quantitative estimate of drug-likeness (QED) is 0.359. The summed E-state index contributed by atoms with van der Waals surface area (Å²) >= 11 is 0. The van der Waals surface area contributed by atoms with Crippen LogP contribution in [0, 0.1) is 0 Å². The molecular formula is C25H24F3N3O7. The van der Waals surface area contributed by atoms with Crippen molar-refractivity contribution in [3.05, 3.63) is 64.4 Å². The van der Waals surface area contributed by atoms with E-state index in [9.17, 15) is 27.6 Å². The molecule has 4 rings (SSSR count). The summed E-state index contributed by atoms with van der Waals surface area (Å²) in [6.07, 6.45) is -6.79. The average Bonchev–Trinajstić information content (AvgIpc) is 3.27. The van der Waals surface area contributed by atoms with Crippen molar-refractivity contribution >= 4 is 28.6 Å². The molecule has 1 fully saturated rings. The number of aliphatic hydroxyl groups excluding tert-OH is 1. The Morgan fingerprint density at radius 3 is 2.71 bits per heavy atom. The minimum Gasteiger partial charge on any atom is -0.446 e. The first-order valence-electron chi connectivity index (χ1n) is 11.6. The molecule has 202 valence electrons. The highest BCUT2D eigenvalue weighted by atomic mass is 19.4. The summed E-state index contributed by atoms with van der Waals surface area (Å²) in [7, 11) is 0. The number of rotatable bonds is 9. The fraction of sp³-hybridized carbons (Fsp3) is 0.320. The SMILES string of the molecule is O=C(NCCOCCO)OC[C@@H]1CN(c2ccc3cc(-c4ccccc4C(F)(F)F)[nH]c(=O)c3c2)C(=O)O1. The summed E-state index contributed by atoms with van der Waals surface area (Å²) in [4.78, 5) is 40.8. The molecule has 0 spiro atoms. The topological polar surface area (TPSA) is 130 Å². The molecule has 3 N–H and O–H groups in total. The Hall–Kier alpha value is -4.10. The number of H-pyrrole nitrogens is 1. The van der Waals surface area contributed by atoms with E-state index in [2.05, 4.69) is 10.3 Å². The van der Waals surface area contributed by atoms with Gasteiger partial charge < -0.3 is 29.6 Å². The number of ether oxygens (including phenoxy) is 3. The largest absolute Gasteiger partial charge is 0.446 e. The highest BCUT2D eigenvalue weighted by molar-refractivity contribution is 5.94. The second-order valence-electron chi connectivity index (χ2n) is 8.30. The van der Waals surface area contributed by atoms with Crippen LogP contribution in [0.1, 0.15) is 5.56 Å². The van der Waals surface area contributed by atoms with Gasteiger partial charge in [-0.3, -0.25) is 9.69 Å². The van der Waals surface area contributed by atoms with E-state index < -0.39 is 35.6 Å². The van der Waals surface area contributed by atoms with Crippen LogP contribution in [0.5, 0.6) is 0 Å². The molecule has 1 atom stereocenters. The van der Waals surface area contributed by atoms with Gasteiger partial charge in [-0.25, -0.2) is 9.59 Å². The molecule has 13 heteroatoms. The molecular weight excluding hydrogens is 511 g/mol. The third-order valence-electron chi connectivity index (χ3n) is 5.69. The number of carbonyl (C=O) groups excluding carboxylic acids is 2. The summed E-state index contributed by atoms with van der Waals surface area (Å²) < 4.78 is 55.7. The molecule has 1 saturated heterocycles. The van der Waals surface area contributed by atoms with Crippen LogP contribution in [0.15, 0.2) is 53.3 Å². The van der Waals surface area contributed by atoms with Crippen molar-refractivity contribution in [2.75, 3.05) is 44.4 Å². The monoisotopic (exact) mass is 535 g/mol. The molecule has 3 aromatic rings. The number of aromatic nitrogens is 1. The lowest BCUT2D eigenvalue weighted by molar-refractivity contribution is -0.137. The van der Waals surface area contributed by atoms with Crippen molar-refractivity contribution in [1.82, 2.24) is 10.3 Å². The molecule has 2 heterocycles. The Balaban J connectivity index is 1.45. The first-order chi connectivity index (χ1) is 18.2. The lowest BCUT2D eigenvalue weighted by Gasteiger charge is -2.15. The van der Waals surface area contributed by atoms with Gasteiger partial charge in [0.1, 0.15) is 6.61 Å². The fourth-order valence-electron chi connectivity index (χ4n) is 3.96. The van der Waals surface area contributed by atoms with Gasteiger partial charge in [0.05, 0.1) is 31.9 Å². The van der Waals surface area contributed by atoms with E-state index in [0.717, 1.165) is 6.07 Å². The minimum absolute atomic E-state index is 0.0132. The van der Waals surface area contributed by atoms with Crippen molar-refractivity contribution in [2.24, 2.45) is 0 Å². The zero-order valence-corrected chi connectivity index (χ0v) is 19.9. The number of hydrogen-bond acceptors (Lipinski definition) is 7. The van der Waals surface area contributed by atoms with Crippen LogP contribution >= 0.6 is 0 Å². The van der Waals surface area contributed by atoms with Crippen LogP contribution in [0.2, 0.25) is 0 Å². The number of aliphatic hydroxyl groups is 1. The number of nitrogens with one attached hydrogen (secondary N) is 2. The average molecular weight is 535 g/mol. The minimum atomic E-state index is -4.60. The predicted molar refractivity (Wildman–Crippen MR) is 130 cm³/mol. The van der Waals surface area contributed by atoms with Crippen LogP contribution in [-0.4, -0.2) is 67.9 Å². The number of benzene rings is 2. The zero-order valence-electron chi connectivity index (χ0n) is 19.9. The summed E-state index contributed by atoms with van der Waals surface area (Å²) in [6, 6.07) is 10.9. The Labute approximate surface area is 213 Å². The maximum absolute atomic E-state index is 13.5. The van der Waals surface area contributed by atoms with Crippen molar-refractivity contribution < 1.29 is 42.1 Å². The van der Waals surface area contributed by atoms with Gasteiger partial charge in [0.2, 0.25) is 0 Å². The second-order valence-corrected chi connectivity index (χ2v) is 8.30. The standard InChI is InChI=1S/C25H24F3N3O7/c26-25(27,28)20-4-2-1-3-18(20)21-11-15-5-6-16(12-19(15)22(33)30-21)31-13-17(38-24(31)35)14-37-23(34)29-7-9-36-10-8-32/h1-6,11-12,17,32H,7-10,13-14H2,(H,29,34)(H,30,33)/t17-/m0/s1. The van der Waals surface area contributed by atoms with Crippen LogP contribution in [0.3, 0.4) is 0 Å². The first kappa shape index (κ1) is 26.9. The smallest absolute Gasteiger partial charge is 0.417 e. The number of amides is 2. The van der Waals surface area contributed by atoms with Crippen molar-refractivity contribution in [2.45, 2.75) is 12.3 Å². The number of halogens is 3. The van der Waals surface area contributed by atoms with Crippen LogP contribution < -0.4 is 15.8 Å². The van der Waals surface area contributed by atoms with E-state index in [-0.39, 0.29) is 56.2 Å². The van der Waals surface area contributed by atoms with Crippen LogP contribution in [0.4, 0.5) is 28.4 Å². The number of anilines is 1. The van der Waals surface area contributed by atoms with Crippen molar-refractivity contribution in [3.8, 4) is 11.3 Å². The number of alkyl halides is 3. The van der Waals surface area contributed by atoms with E-state index in [4.69, 9.17) is 19.3 Å². The number of alkyl carbamates (subject to hydrolysis) is 1. The molecule has 0 radical (unpaired) electrons. The molecule has 0 unspecified atom stereocenters. The number of hydrogen-bond donors (Lipinski definition) is 3. The third-order valence-corrected chi connectivity index (χ3v) is 5.69. The summed E-state index contributed by atoms with van der Waals surface area (Å²) in [5.41, 5.74) is -1.30. The van der Waals surface area contributed by atoms with Gasteiger partial charge in [-0.1, -0.05) is 24.3 Å². The Bertz CT molecular complexity index is 1380. The van der Waals surface area contributed by atoms with Crippen molar-refractivity contribution in [3.63, 3.8) is 0 Å². The van der Waals surface area contributed by atoms with Gasteiger partial charge in [-0.15, -0.1) is 0 Å². The molecule has 1 aliphatic rings. The number of fused-ring (bicyclic) bond motifs is 1. The predicted octanol–water partition coefficient (Wildman–Crippen LogP) is 3.27. The lowest BCUT2D eigenvalue weighted by Crippen LogP contribution is -2.32. The third kappa shape index (κ3) is 6.23. The molecule has 0 saturated carbocycles. The number of carbonyl (C=O) groups is 2. The Morgan fingerprint density at radius 1 is 1.16 bits per heavy atom. The highest BCUT2D eigenvalue weighted by Crippen LogP contribution is 2.36. The molecule has 2 amide bonds. The van der Waals surface area contributed by atoms with E-state index >= 15 is 0 Å². The van der Waals surface area contributed by atoms with Gasteiger partial charge in [-0.2, -0.15) is 13.2 Å². The van der Waals surface area contributed by atoms with Crippen LogP contribution in [-0.2, 0) is 20.4 Å². The fourth-order valence-corrected chi connectivity index (χ4v) is 3.96. The summed E-state index contributed by atoms with van der Waals surface area (Å²) in [6.45, 7) is 0.229. The number of cyclic esters (lactones) is 1. The molecule has 1 aromatic heterocycles. The zero-order chi connectivity index (χ0) is 27.3. The van der Waals surface area contributed by atoms with Gasteiger partial charge in [0, 0.05) is 28.9 Å². The lowest BCUT2D eigenvalue weighted by atomic mass is 10.0. The summed E-state index contributed by atoms with van der Waals surface area (Å²) in [5, 5.41) is 11.6. The van der Waals surface area contributed by atoms with Gasteiger partial charge in [0.15, 0.2) is 6.10 Å². The van der Waals surface area contributed by atoms with Crippen LogP contribution in [0.25, 0.3) is 22.0 Å². The normalized spacial score (nSPS) is 15.5. The molecule has 2 aromatic carbocycles. The molecule has 0 bridgehead atoms. The Morgan fingerprint density at radius 2 is 1.95 bits per heavy atom. The van der Waals surface area contributed by atoms with Crippen molar-refractivity contribution in [1.29, 1.82) is 0 Å². The maximum atomic E-state index is 13.5. The highest BCUT2D eigenvalue weighted by Gasteiger charge is 2.35. The van der Waals surface area contributed by atoms with E-state index in [0.29, 0.717) is 11.1 Å². The number of pyridine rings is 1. The second kappa shape index (κ2) is 11.5. The van der Waals surface area contributed by atoms with E-state index in [1.54, 1.807) is 6.07 Å². The molecule has 0 aliphatic carbocycles.